The number of amides is 1. The molecule has 2 saturated heterocycles. The van der Waals surface area contributed by atoms with E-state index in [4.69, 9.17) is 9.47 Å². The number of anilines is 4. The third-order valence-corrected chi connectivity index (χ3v) is 7.97. The Morgan fingerprint density at radius 2 is 1.91 bits per heavy atom. The number of benzene rings is 1. The molecular weight excluding hydrogens is 416 g/mol. The fourth-order valence-corrected chi connectivity index (χ4v) is 5.97. The van der Waals surface area contributed by atoms with Gasteiger partial charge in [-0.2, -0.15) is 0 Å². The highest BCUT2D eigenvalue weighted by atomic mass is 16.5. The molecule has 1 aliphatic carbocycles. The summed E-state index contributed by atoms with van der Waals surface area (Å²) in [5.41, 5.74) is 4.13. The molecule has 1 aromatic heterocycles. The molecule has 0 spiro atoms. The van der Waals surface area contributed by atoms with Crippen LogP contribution < -0.4 is 15.1 Å². The van der Waals surface area contributed by atoms with Crippen molar-refractivity contribution >= 4 is 28.8 Å². The first-order valence-electron chi connectivity index (χ1n) is 12.2. The minimum Gasteiger partial charge on any atom is -0.381 e. The lowest BCUT2D eigenvalue weighted by Crippen LogP contribution is -2.38. The summed E-state index contributed by atoms with van der Waals surface area (Å²) in [4.78, 5) is 22.9. The zero-order chi connectivity index (χ0) is 22.4. The van der Waals surface area contributed by atoms with E-state index in [0.29, 0.717) is 18.4 Å². The van der Waals surface area contributed by atoms with Gasteiger partial charge in [-0.05, 0) is 49.9 Å². The third kappa shape index (κ3) is 3.87. The quantitative estimate of drug-likeness (QED) is 0.767. The zero-order valence-corrected chi connectivity index (χ0v) is 19.2. The van der Waals surface area contributed by atoms with E-state index in [1.54, 1.807) is 13.3 Å². The lowest BCUT2D eigenvalue weighted by molar-refractivity contribution is -0.124. The van der Waals surface area contributed by atoms with Crippen molar-refractivity contribution in [3.05, 3.63) is 42.1 Å². The van der Waals surface area contributed by atoms with Gasteiger partial charge in [-0.3, -0.25) is 4.79 Å². The van der Waals surface area contributed by atoms with Crippen LogP contribution in [0.25, 0.3) is 0 Å². The smallest absolute Gasteiger partial charge is 0.230 e. The number of rotatable bonds is 3. The Morgan fingerprint density at radius 1 is 1.12 bits per heavy atom. The molecule has 1 N–H and O–H groups in total. The van der Waals surface area contributed by atoms with E-state index in [9.17, 15) is 4.79 Å². The summed E-state index contributed by atoms with van der Waals surface area (Å²) in [5.74, 6) is 2.31. The van der Waals surface area contributed by atoms with E-state index in [2.05, 4.69) is 39.5 Å². The van der Waals surface area contributed by atoms with Gasteiger partial charge in [0, 0.05) is 55.4 Å². The van der Waals surface area contributed by atoms with Crippen molar-refractivity contribution in [2.24, 2.45) is 17.8 Å². The van der Waals surface area contributed by atoms with Crippen molar-refractivity contribution < 1.29 is 14.3 Å². The normalized spacial score (nSPS) is 28.5. The van der Waals surface area contributed by atoms with E-state index >= 15 is 0 Å². The minimum absolute atomic E-state index is 0.0365. The molecule has 1 amide bonds. The lowest BCUT2D eigenvalue weighted by Gasteiger charge is -2.32. The number of nitrogens with zero attached hydrogens (tertiary/aromatic N) is 3. The van der Waals surface area contributed by atoms with Crippen LogP contribution in [0.5, 0.6) is 0 Å². The van der Waals surface area contributed by atoms with Crippen LogP contribution >= 0.6 is 0 Å². The number of methoxy groups -OCH3 is 1. The first kappa shape index (κ1) is 20.9. The van der Waals surface area contributed by atoms with Crippen LogP contribution in [0.3, 0.4) is 0 Å². The molecule has 1 aromatic carbocycles. The summed E-state index contributed by atoms with van der Waals surface area (Å²) in [7, 11) is 1.77. The van der Waals surface area contributed by atoms with Crippen LogP contribution in [0.4, 0.5) is 22.9 Å². The van der Waals surface area contributed by atoms with Gasteiger partial charge in [-0.25, -0.2) is 4.98 Å². The summed E-state index contributed by atoms with van der Waals surface area (Å²) in [6.45, 7) is 4.31. The van der Waals surface area contributed by atoms with Crippen molar-refractivity contribution in [1.29, 1.82) is 0 Å². The highest BCUT2D eigenvalue weighted by Crippen LogP contribution is 2.41. The second-order valence-electron chi connectivity index (χ2n) is 9.93. The molecule has 2 aromatic rings. The third-order valence-electron chi connectivity index (χ3n) is 7.97. The maximum Gasteiger partial charge on any atom is 0.230 e. The fourth-order valence-electron chi connectivity index (χ4n) is 5.97. The van der Waals surface area contributed by atoms with Crippen molar-refractivity contribution in [3.63, 3.8) is 0 Å². The van der Waals surface area contributed by atoms with Gasteiger partial charge < -0.3 is 24.6 Å². The second-order valence-corrected chi connectivity index (χ2v) is 9.93. The standard InChI is InChI=1S/C26H32N4O3/c1-32-22-7-4-17(5-8-22)26(31)30-14-18-3-2-10-27-25(18)28-23-9-6-21(11-24(23)30)29-12-19-15-33-16-20(19)13-29/h2-3,6,9-11,17,19-20,22H,4-5,7-8,12-16H2,1H3,(H,27,28)/t17-,19-,20?,22-/m1/s1. The van der Waals surface area contributed by atoms with Gasteiger partial charge in [0.15, 0.2) is 0 Å². The maximum atomic E-state index is 13.9. The molecule has 2 atom stereocenters. The molecule has 3 fully saturated rings. The Balaban J connectivity index is 1.33. The van der Waals surface area contributed by atoms with Gasteiger partial charge in [0.25, 0.3) is 0 Å². The van der Waals surface area contributed by atoms with Crippen LogP contribution in [-0.2, 0) is 20.8 Å². The zero-order valence-electron chi connectivity index (χ0n) is 19.2. The Bertz CT molecular complexity index is 1020. The Hall–Kier alpha value is -2.64. The number of nitrogens with one attached hydrogen (secondary N) is 1. The topological polar surface area (TPSA) is 66.9 Å². The van der Waals surface area contributed by atoms with Crippen molar-refractivity contribution in [2.45, 2.75) is 38.3 Å². The molecule has 4 heterocycles. The SMILES string of the molecule is CO[C@H]1CC[C@H](C(=O)N2Cc3cccnc3Nc3ccc(N4CC5COC[C@H]5C4)cc32)CC1. The number of ether oxygens (including phenoxy) is 2. The molecule has 6 rings (SSSR count). The van der Waals surface area contributed by atoms with Gasteiger partial charge in [-0.15, -0.1) is 0 Å². The Kier molecular flexibility index (Phi) is 5.46. The summed E-state index contributed by atoms with van der Waals surface area (Å²) in [5, 5.41) is 3.50. The van der Waals surface area contributed by atoms with Crippen LogP contribution in [0.2, 0.25) is 0 Å². The minimum atomic E-state index is 0.0365. The van der Waals surface area contributed by atoms with Crippen LogP contribution in [0.15, 0.2) is 36.5 Å². The number of hydrogen-bond donors (Lipinski definition) is 1. The van der Waals surface area contributed by atoms with E-state index < -0.39 is 0 Å². The number of pyridine rings is 1. The van der Waals surface area contributed by atoms with Gasteiger partial charge in [0.2, 0.25) is 5.91 Å². The van der Waals surface area contributed by atoms with E-state index in [0.717, 1.165) is 74.7 Å². The predicted octanol–water partition coefficient (Wildman–Crippen LogP) is 3.96. The van der Waals surface area contributed by atoms with Gasteiger partial charge in [0.1, 0.15) is 5.82 Å². The fraction of sp³-hybridized carbons (Fsp3) is 0.538. The average molecular weight is 449 g/mol. The summed E-state index contributed by atoms with van der Waals surface area (Å²) >= 11 is 0. The second kappa shape index (κ2) is 8.61. The lowest BCUT2D eigenvalue weighted by atomic mass is 9.86. The Morgan fingerprint density at radius 3 is 2.67 bits per heavy atom. The van der Waals surface area contributed by atoms with Gasteiger partial charge in [-0.1, -0.05) is 6.07 Å². The Labute approximate surface area is 195 Å². The van der Waals surface area contributed by atoms with Crippen LogP contribution in [-0.4, -0.2) is 50.4 Å². The first-order chi connectivity index (χ1) is 16.2. The molecular formula is C26H32N4O3. The number of carbonyl (C=O) groups excluding carboxylic acids is 1. The number of carbonyl (C=O) groups is 1. The van der Waals surface area contributed by atoms with Crippen molar-refractivity contribution in [2.75, 3.05) is 48.5 Å². The van der Waals surface area contributed by atoms with Crippen molar-refractivity contribution in [1.82, 2.24) is 4.98 Å². The monoisotopic (exact) mass is 448 g/mol. The molecule has 1 saturated carbocycles. The number of aromatic nitrogens is 1. The maximum absolute atomic E-state index is 13.9. The summed E-state index contributed by atoms with van der Waals surface area (Å²) in [6, 6.07) is 10.5. The van der Waals surface area contributed by atoms with Crippen LogP contribution in [0.1, 0.15) is 31.2 Å². The highest BCUT2D eigenvalue weighted by molar-refractivity contribution is 6.00. The molecule has 174 valence electrons. The molecule has 0 radical (unpaired) electrons. The van der Waals surface area contributed by atoms with Crippen molar-refractivity contribution in [3.8, 4) is 0 Å². The molecule has 7 heteroatoms. The number of hydrogen-bond acceptors (Lipinski definition) is 6. The largest absolute Gasteiger partial charge is 0.381 e. The molecule has 33 heavy (non-hydrogen) atoms. The summed E-state index contributed by atoms with van der Waals surface area (Å²) < 4.78 is 11.2. The molecule has 4 aliphatic rings. The average Bonchev–Trinajstić information content (AvgIpc) is 3.42. The van der Waals surface area contributed by atoms with E-state index in [1.165, 1.54) is 5.69 Å². The van der Waals surface area contributed by atoms with Gasteiger partial charge >= 0.3 is 0 Å². The summed E-state index contributed by atoms with van der Waals surface area (Å²) in [6.07, 6.45) is 5.74. The molecule has 7 nitrogen and oxygen atoms in total. The first-order valence-corrected chi connectivity index (χ1v) is 12.2. The molecule has 3 aliphatic heterocycles. The number of fused-ring (bicyclic) bond motifs is 3. The highest BCUT2D eigenvalue weighted by Gasteiger charge is 2.38. The molecule has 0 bridgehead atoms. The van der Waals surface area contributed by atoms with E-state index in [1.807, 2.05) is 11.0 Å². The molecule has 1 unspecified atom stereocenters. The van der Waals surface area contributed by atoms with Gasteiger partial charge in [0.05, 0.1) is 37.2 Å². The van der Waals surface area contributed by atoms with Crippen LogP contribution in [0, 0.1) is 17.8 Å². The predicted molar refractivity (Wildman–Crippen MR) is 128 cm³/mol. The van der Waals surface area contributed by atoms with E-state index in [-0.39, 0.29) is 17.9 Å².